The zero-order chi connectivity index (χ0) is 14.4. The first kappa shape index (κ1) is 15.1. The van der Waals surface area contributed by atoms with Crippen LogP contribution in [0.3, 0.4) is 0 Å². The number of hydrogen-bond donors (Lipinski definition) is 1. The van der Waals surface area contributed by atoms with Gasteiger partial charge in [-0.1, -0.05) is 12.1 Å². The van der Waals surface area contributed by atoms with Gasteiger partial charge in [-0.25, -0.2) is 0 Å². The third-order valence-corrected chi connectivity index (χ3v) is 4.50. The lowest BCUT2D eigenvalue weighted by Crippen LogP contribution is -2.27. The number of nitrogens with one attached hydrogen (secondary N) is 1. The molecule has 0 atom stereocenters. The van der Waals surface area contributed by atoms with E-state index < -0.39 is 0 Å². The Bertz CT molecular complexity index is 583. The number of amides is 1. The highest BCUT2D eigenvalue weighted by molar-refractivity contribution is 9.11. The van der Waals surface area contributed by atoms with E-state index in [0.717, 1.165) is 21.5 Å². The van der Waals surface area contributed by atoms with Crippen LogP contribution >= 0.6 is 27.3 Å². The number of halogens is 1. The van der Waals surface area contributed by atoms with Crippen LogP contribution in [0.15, 0.2) is 40.2 Å². The Morgan fingerprint density at radius 2 is 2.20 bits per heavy atom. The molecule has 0 saturated heterocycles. The van der Waals surface area contributed by atoms with Crippen molar-refractivity contribution in [1.82, 2.24) is 5.32 Å². The molecule has 5 heteroatoms. The number of methoxy groups -OCH3 is 1. The summed E-state index contributed by atoms with van der Waals surface area (Å²) >= 11 is 5.13. The smallest absolute Gasteiger partial charge is 0.224 e. The molecule has 0 spiro atoms. The van der Waals surface area contributed by atoms with E-state index in [1.807, 2.05) is 30.3 Å². The van der Waals surface area contributed by atoms with Gasteiger partial charge in [-0.05, 0) is 52.2 Å². The summed E-state index contributed by atoms with van der Waals surface area (Å²) in [5.74, 6) is 0.813. The second kappa shape index (κ2) is 7.45. The Balaban J connectivity index is 1.77. The lowest BCUT2D eigenvalue weighted by molar-refractivity contribution is -0.120. The van der Waals surface area contributed by atoms with Crippen LogP contribution in [0.5, 0.6) is 5.75 Å². The van der Waals surface area contributed by atoms with Crippen molar-refractivity contribution < 1.29 is 9.53 Å². The Labute approximate surface area is 131 Å². The number of benzene rings is 1. The molecule has 0 saturated carbocycles. The molecule has 0 radical (unpaired) electrons. The number of ether oxygens (including phenoxy) is 1. The minimum atomic E-state index is 0.0360. The maximum absolute atomic E-state index is 11.8. The fraction of sp³-hybridized carbons (Fsp3) is 0.267. The number of thiophene rings is 1. The fourth-order valence-electron chi connectivity index (χ4n) is 1.84. The quantitative estimate of drug-likeness (QED) is 0.863. The second-order valence-corrected chi connectivity index (χ2v) is 6.88. The molecule has 1 aromatic heterocycles. The van der Waals surface area contributed by atoms with E-state index in [1.165, 1.54) is 4.88 Å². The summed E-state index contributed by atoms with van der Waals surface area (Å²) in [5.41, 5.74) is 0.959. The molecule has 1 amide bonds. The van der Waals surface area contributed by atoms with E-state index in [1.54, 1.807) is 18.4 Å². The molecular weight excluding hydrogens is 338 g/mol. The summed E-state index contributed by atoms with van der Waals surface area (Å²) < 4.78 is 6.26. The summed E-state index contributed by atoms with van der Waals surface area (Å²) in [7, 11) is 1.62. The Kier molecular flexibility index (Phi) is 5.61. The predicted molar refractivity (Wildman–Crippen MR) is 85.4 cm³/mol. The van der Waals surface area contributed by atoms with Crippen molar-refractivity contribution in [2.24, 2.45) is 0 Å². The van der Waals surface area contributed by atoms with Crippen LogP contribution in [0, 0.1) is 0 Å². The van der Waals surface area contributed by atoms with Crippen LogP contribution in [0.2, 0.25) is 0 Å². The first-order chi connectivity index (χ1) is 9.67. The molecular formula is C15H16BrNO2S. The third-order valence-electron chi connectivity index (χ3n) is 2.82. The number of carbonyl (C=O) groups is 1. The van der Waals surface area contributed by atoms with Gasteiger partial charge in [0.25, 0.3) is 0 Å². The van der Waals surface area contributed by atoms with Gasteiger partial charge in [-0.3, -0.25) is 4.79 Å². The van der Waals surface area contributed by atoms with E-state index in [4.69, 9.17) is 4.74 Å². The average molecular weight is 354 g/mol. The zero-order valence-corrected chi connectivity index (χ0v) is 13.6. The molecule has 1 N–H and O–H groups in total. The van der Waals surface area contributed by atoms with Gasteiger partial charge < -0.3 is 10.1 Å². The monoisotopic (exact) mass is 353 g/mol. The predicted octanol–water partition coefficient (Wildman–Crippen LogP) is 3.42. The Morgan fingerprint density at radius 1 is 1.35 bits per heavy atom. The van der Waals surface area contributed by atoms with E-state index in [2.05, 4.69) is 27.3 Å². The Hall–Kier alpha value is -1.33. The van der Waals surface area contributed by atoms with Crippen molar-refractivity contribution in [2.45, 2.75) is 12.8 Å². The van der Waals surface area contributed by atoms with E-state index in [0.29, 0.717) is 13.0 Å². The molecule has 0 aliphatic heterocycles. The molecule has 0 unspecified atom stereocenters. The molecule has 0 fully saturated rings. The maximum atomic E-state index is 11.8. The van der Waals surface area contributed by atoms with Gasteiger partial charge in [0.1, 0.15) is 5.75 Å². The highest BCUT2D eigenvalue weighted by Crippen LogP contribution is 2.22. The number of rotatable bonds is 6. The van der Waals surface area contributed by atoms with Gasteiger partial charge in [-0.15, -0.1) is 11.3 Å². The maximum Gasteiger partial charge on any atom is 0.224 e. The number of hydrogen-bond acceptors (Lipinski definition) is 3. The Morgan fingerprint density at radius 3 is 2.90 bits per heavy atom. The average Bonchev–Trinajstić information content (AvgIpc) is 2.84. The highest BCUT2D eigenvalue weighted by atomic mass is 79.9. The van der Waals surface area contributed by atoms with Crippen LogP contribution in [0.1, 0.15) is 10.4 Å². The van der Waals surface area contributed by atoms with Crippen molar-refractivity contribution in [3.05, 3.63) is 50.6 Å². The molecule has 0 bridgehead atoms. The summed E-state index contributed by atoms with van der Waals surface area (Å²) in [6, 6.07) is 11.7. The van der Waals surface area contributed by atoms with Gasteiger partial charge in [0.05, 0.1) is 17.3 Å². The fourth-order valence-corrected chi connectivity index (χ4v) is 3.32. The number of carbonyl (C=O) groups excluding carboxylic acids is 1. The van der Waals surface area contributed by atoms with Gasteiger partial charge in [0.15, 0.2) is 0 Å². The highest BCUT2D eigenvalue weighted by Gasteiger charge is 2.04. The molecule has 1 aromatic carbocycles. The first-order valence-electron chi connectivity index (χ1n) is 6.31. The van der Waals surface area contributed by atoms with Crippen molar-refractivity contribution in [3.8, 4) is 5.75 Å². The molecule has 1 heterocycles. The van der Waals surface area contributed by atoms with Crippen molar-refractivity contribution in [1.29, 1.82) is 0 Å². The summed E-state index contributed by atoms with van der Waals surface area (Å²) in [6.07, 6.45) is 1.24. The SMILES string of the molecule is COc1cccc(CC(=O)NCCc2ccc(Br)s2)c1. The molecule has 2 rings (SSSR count). The van der Waals surface area contributed by atoms with E-state index in [9.17, 15) is 4.79 Å². The normalized spacial score (nSPS) is 10.3. The van der Waals surface area contributed by atoms with Gasteiger partial charge in [-0.2, -0.15) is 0 Å². The van der Waals surface area contributed by atoms with Gasteiger partial charge in [0.2, 0.25) is 5.91 Å². The van der Waals surface area contributed by atoms with Crippen LogP contribution in [0.4, 0.5) is 0 Å². The third kappa shape index (κ3) is 4.65. The summed E-state index contributed by atoms with van der Waals surface area (Å²) in [6.45, 7) is 0.662. The zero-order valence-electron chi connectivity index (χ0n) is 11.2. The molecule has 106 valence electrons. The second-order valence-electron chi connectivity index (χ2n) is 4.33. The summed E-state index contributed by atoms with van der Waals surface area (Å²) in [5, 5.41) is 2.94. The van der Waals surface area contributed by atoms with Gasteiger partial charge in [0, 0.05) is 11.4 Å². The van der Waals surface area contributed by atoms with Crippen LogP contribution in [0.25, 0.3) is 0 Å². The largest absolute Gasteiger partial charge is 0.497 e. The van der Waals surface area contributed by atoms with Crippen molar-refractivity contribution in [2.75, 3.05) is 13.7 Å². The molecule has 0 aliphatic carbocycles. The van der Waals surface area contributed by atoms with Crippen molar-refractivity contribution >= 4 is 33.2 Å². The molecule has 20 heavy (non-hydrogen) atoms. The van der Waals surface area contributed by atoms with Gasteiger partial charge >= 0.3 is 0 Å². The minimum absolute atomic E-state index is 0.0360. The van der Waals surface area contributed by atoms with E-state index >= 15 is 0 Å². The van der Waals surface area contributed by atoms with E-state index in [-0.39, 0.29) is 5.91 Å². The van der Waals surface area contributed by atoms with Crippen LogP contribution in [-0.2, 0) is 17.6 Å². The standard InChI is InChI=1S/C15H16BrNO2S/c1-19-12-4-2-3-11(9-12)10-15(18)17-8-7-13-5-6-14(16)20-13/h2-6,9H,7-8,10H2,1H3,(H,17,18). The molecule has 2 aromatic rings. The minimum Gasteiger partial charge on any atom is -0.497 e. The van der Waals surface area contributed by atoms with Crippen LogP contribution < -0.4 is 10.1 Å². The molecule has 0 aliphatic rings. The first-order valence-corrected chi connectivity index (χ1v) is 7.92. The lowest BCUT2D eigenvalue weighted by atomic mass is 10.1. The lowest BCUT2D eigenvalue weighted by Gasteiger charge is -2.06. The topological polar surface area (TPSA) is 38.3 Å². The molecule has 3 nitrogen and oxygen atoms in total. The van der Waals surface area contributed by atoms with Crippen molar-refractivity contribution in [3.63, 3.8) is 0 Å². The summed E-state index contributed by atoms with van der Waals surface area (Å²) in [4.78, 5) is 13.1. The van der Waals surface area contributed by atoms with Crippen LogP contribution in [-0.4, -0.2) is 19.6 Å².